The lowest BCUT2D eigenvalue weighted by atomic mass is 9.88. The van der Waals surface area contributed by atoms with Crippen LogP contribution in [-0.4, -0.2) is 0 Å². The first-order chi connectivity index (χ1) is 24.8. The van der Waals surface area contributed by atoms with E-state index in [0.29, 0.717) is 0 Å². The summed E-state index contributed by atoms with van der Waals surface area (Å²) in [4.78, 5) is 2.58. The van der Waals surface area contributed by atoms with Crippen molar-refractivity contribution in [1.29, 1.82) is 0 Å². The molecule has 0 aliphatic heterocycles. The Morgan fingerprint density at radius 1 is 0.260 bits per heavy atom. The van der Waals surface area contributed by atoms with Gasteiger partial charge < -0.3 is 0 Å². The third-order valence-electron chi connectivity index (χ3n) is 10.5. The smallest absolute Gasteiger partial charge is 0.0362 e. The highest BCUT2D eigenvalue weighted by molar-refractivity contribution is 7.26. The van der Waals surface area contributed by atoms with Gasteiger partial charge >= 0.3 is 0 Å². The van der Waals surface area contributed by atoms with Crippen LogP contribution >= 0.6 is 22.7 Å². The third kappa shape index (κ3) is 4.04. The second-order valence-electron chi connectivity index (χ2n) is 13.1. The molecule has 11 rings (SSSR count). The molecular weight excluding hydrogens is 641 g/mol. The molecule has 0 fully saturated rings. The summed E-state index contributed by atoms with van der Waals surface area (Å²) in [6.45, 7) is 0. The molecule has 9 aromatic carbocycles. The van der Waals surface area contributed by atoms with Crippen LogP contribution in [0.15, 0.2) is 170 Å². The molecule has 0 aliphatic carbocycles. The van der Waals surface area contributed by atoms with Crippen molar-refractivity contribution >= 4 is 96.7 Å². The highest BCUT2D eigenvalue weighted by Crippen LogP contribution is 2.48. The predicted molar refractivity (Wildman–Crippen MR) is 221 cm³/mol. The number of hydrogen-bond donors (Lipinski definition) is 0. The third-order valence-corrected chi connectivity index (χ3v) is 12.8. The van der Waals surface area contributed by atoms with Crippen molar-refractivity contribution in [3.8, 4) is 32.0 Å². The Morgan fingerprint density at radius 2 is 0.800 bits per heavy atom. The van der Waals surface area contributed by atoms with Gasteiger partial charge in [0.05, 0.1) is 0 Å². The Morgan fingerprint density at radius 3 is 1.52 bits per heavy atom. The van der Waals surface area contributed by atoms with E-state index in [4.69, 9.17) is 0 Å². The lowest BCUT2D eigenvalue weighted by Gasteiger charge is -2.16. The van der Waals surface area contributed by atoms with Crippen molar-refractivity contribution in [2.75, 3.05) is 0 Å². The molecule has 0 spiro atoms. The van der Waals surface area contributed by atoms with Gasteiger partial charge in [-0.05, 0) is 101 Å². The summed E-state index contributed by atoms with van der Waals surface area (Å²) in [6, 6.07) is 63.0. The van der Waals surface area contributed by atoms with E-state index in [1.807, 2.05) is 22.7 Å². The predicted octanol–water partition coefficient (Wildman–Crippen LogP) is 14.9. The maximum Gasteiger partial charge on any atom is 0.0362 e. The topological polar surface area (TPSA) is 0 Å². The molecule has 232 valence electrons. The van der Waals surface area contributed by atoms with Gasteiger partial charge in [0.1, 0.15) is 0 Å². The fourth-order valence-electron chi connectivity index (χ4n) is 8.35. The van der Waals surface area contributed by atoms with Crippen molar-refractivity contribution in [2.45, 2.75) is 0 Å². The fourth-order valence-corrected chi connectivity index (χ4v) is 10.5. The van der Waals surface area contributed by atoms with Crippen LogP contribution in [0, 0.1) is 0 Å². The second kappa shape index (κ2) is 10.9. The number of fused-ring (bicyclic) bond motifs is 12. The van der Waals surface area contributed by atoms with Crippen LogP contribution in [0.5, 0.6) is 0 Å². The van der Waals surface area contributed by atoms with Gasteiger partial charge in [-0.1, -0.05) is 140 Å². The summed E-state index contributed by atoms with van der Waals surface area (Å²) in [6.07, 6.45) is 0. The van der Waals surface area contributed by atoms with Crippen molar-refractivity contribution in [2.24, 2.45) is 0 Å². The van der Waals surface area contributed by atoms with E-state index in [2.05, 4.69) is 170 Å². The van der Waals surface area contributed by atoms with Gasteiger partial charge in [0.2, 0.25) is 0 Å². The van der Waals surface area contributed by atoms with E-state index in [9.17, 15) is 0 Å². The average Bonchev–Trinajstić information content (AvgIpc) is 3.82. The molecule has 0 N–H and O–H groups in total. The molecule has 50 heavy (non-hydrogen) atoms. The Hall–Kier alpha value is -5.80. The zero-order chi connectivity index (χ0) is 32.8. The van der Waals surface area contributed by atoms with Gasteiger partial charge in [0.25, 0.3) is 0 Å². The lowest BCUT2D eigenvalue weighted by molar-refractivity contribution is 1.67. The Bertz CT molecular complexity index is 3080. The van der Waals surface area contributed by atoms with Gasteiger partial charge in [-0.15, -0.1) is 22.7 Å². The van der Waals surface area contributed by atoms with Crippen molar-refractivity contribution in [3.63, 3.8) is 0 Å². The van der Waals surface area contributed by atoms with E-state index in [1.165, 1.54) is 106 Å². The molecule has 11 aromatic rings. The molecule has 2 heterocycles. The normalized spacial score (nSPS) is 12.0. The Balaban J connectivity index is 1.15. The van der Waals surface area contributed by atoms with Crippen LogP contribution in [0.25, 0.3) is 106 Å². The van der Waals surface area contributed by atoms with Crippen LogP contribution in [0.2, 0.25) is 0 Å². The molecule has 0 atom stereocenters. The molecule has 0 radical (unpaired) electrons. The average molecular weight is 669 g/mol. The summed E-state index contributed by atoms with van der Waals surface area (Å²) in [5, 5.41) is 15.8. The van der Waals surface area contributed by atoms with Crippen molar-refractivity contribution < 1.29 is 0 Å². The van der Waals surface area contributed by atoms with Gasteiger partial charge in [-0.2, -0.15) is 0 Å². The number of thiophene rings is 2. The minimum Gasteiger partial charge on any atom is -0.135 e. The summed E-state index contributed by atoms with van der Waals surface area (Å²) in [7, 11) is 0. The van der Waals surface area contributed by atoms with Gasteiger partial charge in [-0.25, -0.2) is 0 Å². The fraction of sp³-hybridized carbons (Fsp3) is 0. The first-order valence-corrected chi connectivity index (χ1v) is 18.7. The Kier molecular flexibility index (Phi) is 6.09. The molecule has 0 bridgehead atoms. The highest BCUT2D eigenvalue weighted by atomic mass is 32.1. The molecule has 2 aromatic heterocycles. The molecule has 0 aliphatic rings. The Labute approximate surface area is 297 Å². The van der Waals surface area contributed by atoms with E-state index < -0.39 is 0 Å². The molecule has 2 heteroatoms. The number of rotatable bonds is 3. The van der Waals surface area contributed by atoms with Crippen molar-refractivity contribution in [3.05, 3.63) is 170 Å². The largest absolute Gasteiger partial charge is 0.135 e. The van der Waals surface area contributed by atoms with E-state index >= 15 is 0 Å². The summed E-state index contributed by atoms with van der Waals surface area (Å²) in [5.74, 6) is 0. The maximum absolute atomic E-state index is 2.44. The molecule has 0 amide bonds. The first kappa shape index (κ1) is 28.1. The summed E-state index contributed by atoms with van der Waals surface area (Å²) < 4.78 is 2.69. The van der Waals surface area contributed by atoms with Crippen LogP contribution < -0.4 is 0 Å². The quantitative estimate of drug-likeness (QED) is 0.130. The second-order valence-corrected chi connectivity index (χ2v) is 15.3. The van der Waals surface area contributed by atoms with E-state index in [0.717, 1.165) is 0 Å². The van der Waals surface area contributed by atoms with Crippen molar-refractivity contribution in [1.82, 2.24) is 0 Å². The van der Waals surface area contributed by atoms with Gasteiger partial charge in [0.15, 0.2) is 0 Å². The van der Waals surface area contributed by atoms with E-state index in [-0.39, 0.29) is 0 Å². The van der Waals surface area contributed by atoms with Crippen LogP contribution in [0.3, 0.4) is 0 Å². The minimum absolute atomic E-state index is 1.25. The first-order valence-electron chi connectivity index (χ1n) is 17.1. The minimum atomic E-state index is 1.25. The standard InChI is InChI=1S/C48H28S2/c1-2-12-29(13-3-1)45-33-16-6-8-18-35(33)46(36-19-9-7-17-34(36)45)43-27-26-41(49-43)30-22-23-38-40(28-30)32-15-5-4-14-31(32)37-24-25-44-48(47(37)38)39-20-10-11-21-42(39)50-44/h1-28H. The molecular formula is C48H28S2. The maximum atomic E-state index is 2.44. The zero-order valence-electron chi connectivity index (χ0n) is 27.0. The molecule has 0 saturated heterocycles. The SMILES string of the molecule is c1ccc(-c2c3ccccc3c(-c3ccc(-c4ccc5c(c4)c4ccccc4c4ccc6sc7ccccc7c6c45)s3)c3ccccc23)cc1. The van der Waals surface area contributed by atoms with Gasteiger partial charge in [0, 0.05) is 35.5 Å². The lowest BCUT2D eigenvalue weighted by Crippen LogP contribution is -1.89. The summed E-state index contributed by atoms with van der Waals surface area (Å²) in [5.41, 5.74) is 5.13. The van der Waals surface area contributed by atoms with Crippen LogP contribution in [-0.2, 0) is 0 Å². The highest BCUT2D eigenvalue weighted by Gasteiger charge is 2.19. The van der Waals surface area contributed by atoms with Crippen LogP contribution in [0.4, 0.5) is 0 Å². The molecule has 0 unspecified atom stereocenters. The van der Waals surface area contributed by atoms with Gasteiger partial charge in [-0.3, -0.25) is 0 Å². The molecule has 0 nitrogen and oxygen atoms in total. The summed E-state index contributed by atoms with van der Waals surface area (Å²) >= 11 is 3.79. The molecule has 0 saturated carbocycles. The van der Waals surface area contributed by atoms with Crippen LogP contribution in [0.1, 0.15) is 0 Å². The number of benzene rings is 9. The zero-order valence-corrected chi connectivity index (χ0v) is 28.6. The monoisotopic (exact) mass is 668 g/mol. The number of hydrogen-bond acceptors (Lipinski definition) is 2. The van der Waals surface area contributed by atoms with E-state index in [1.54, 1.807) is 0 Å².